The third kappa shape index (κ3) is 6.09. The summed E-state index contributed by atoms with van der Waals surface area (Å²) in [7, 11) is 0. The van der Waals surface area contributed by atoms with E-state index in [9.17, 15) is 14.0 Å². The molecule has 3 rings (SSSR count). The van der Waals surface area contributed by atoms with Gasteiger partial charge in [-0.2, -0.15) is 0 Å². The summed E-state index contributed by atoms with van der Waals surface area (Å²) in [5, 5.41) is 5.35. The Morgan fingerprint density at radius 3 is 2.61 bits per heavy atom. The Morgan fingerprint density at radius 1 is 1.18 bits per heavy atom. The molecular weight excluding hydrogens is 387 g/mol. The number of nitrogens with two attached hydrogens (primary N) is 1. The van der Waals surface area contributed by atoms with Crippen molar-refractivity contribution in [3.63, 3.8) is 0 Å². The number of carbonyl (C=O) groups excluding carboxylic acids is 2. The first-order chi connectivity index (χ1) is 13.0. The van der Waals surface area contributed by atoms with Crippen LogP contribution >= 0.6 is 12.4 Å². The quantitative estimate of drug-likeness (QED) is 0.635. The maximum Gasteiger partial charge on any atom is 0.233 e. The summed E-state index contributed by atoms with van der Waals surface area (Å²) in [6.07, 6.45) is 5.24. The van der Waals surface area contributed by atoms with Gasteiger partial charge in [0.1, 0.15) is 18.0 Å². The Hall–Kier alpha value is -2.87. The summed E-state index contributed by atoms with van der Waals surface area (Å²) in [4.78, 5) is 27.7. The number of benzene rings is 1. The van der Waals surface area contributed by atoms with Gasteiger partial charge >= 0.3 is 0 Å². The van der Waals surface area contributed by atoms with Gasteiger partial charge in [-0.25, -0.2) is 9.37 Å². The highest BCUT2D eigenvalue weighted by molar-refractivity contribution is 6.03. The minimum absolute atomic E-state index is 0. The third-order valence-corrected chi connectivity index (χ3v) is 4.24. The van der Waals surface area contributed by atoms with E-state index in [2.05, 4.69) is 15.6 Å². The molecule has 0 bridgehead atoms. The highest BCUT2D eigenvalue weighted by Gasteiger charge is 2.19. The van der Waals surface area contributed by atoms with Crippen LogP contribution in [0.15, 0.2) is 36.5 Å². The second-order valence-electron chi connectivity index (χ2n) is 6.44. The van der Waals surface area contributed by atoms with Crippen LogP contribution in [-0.2, 0) is 9.59 Å². The molecule has 2 aromatic rings. The highest BCUT2D eigenvalue weighted by Crippen LogP contribution is 2.27. The minimum atomic E-state index is -0.654. The number of nitrogens with zero attached hydrogens (tertiary/aromatic N) is 1. The Bertz CT molecular complexity index is 844. The molecule has 4 N–H and O–H groups in total. The van der Waals surface area contributed by atoms with Crippen LogP contribution in [-0.4, -0.2) is 22.8 Å². The second kappa shape index (κ2) is 9.89. The standard InChI is InChI=1S/C19H21FN4O3.ClH/c20-15-9-13(5-6-16(15)27-14-7-8-22-17(21)10-14)24-19(26)11-18(25)23-12-3-1-2-4-12;/h5-10,12H,1-4,11H2,(H2,21,22)(H,23,25)(H,24,26);1H. The lowest BCUT2D eigenvalue weighted by Crippen LogP contribution is -2.35. The van der Waals surface area contributed by atoms with Gasteiger partial charge in [0.2, 0.25) is 11.8 Å². The number of anilines is 2. The molecule has 0 saturated heterocycles. The molecule has 1 aromatic carbocycles. The number of pyridine rings is 1. The van der Waals surface area contributed by atoms with Crippen molar-refractivity contribution in [2.75, 3.05) is 11.1 Å². The average molecular weight is 409 g/mol. The smallest absolute Gasteiger partial charge is 0.233 e. The molecule has 1 fully saturated rings. The number of amides is 2. The zero-order valence-electron chi connectivity index (χ0n) is 15.1. The summed E-state index contributed by atoms with van der Waals surface area (Å²) in [5.41, 5.74) is 5.80. The molecule has 1 aromatic heterocycles. The van der Waals surface area contributed by atoms with Gasteiger partial charge in [-0.3, -0.25) is 9.59 Å². The molecular formula is C19H22ClFN4O3. The lowest BCUT2D eigenvalue weighted by Gasteiger charge is -2.12. The largest absolute Gasteiger partial charge is 0.454 e. The topological polar surface area (TPSA) is 106 Å². The minimum Gasteiger partial charge on any atom is -0.454 e. The molecule has 150 valence electrons. The molecule has 0 radical (unpaired) electrons. The van der Waals surface area contributed by atoms with Gasteiger partial charge in [0, 0.05) is 30.1 Å². The van der Waals surface area contributed by atoms with E-state index in [1.807, 2.05) is 0 Å². The van der Waals surface area contributed by atoms with Crippen molar-refractivity contribution in [2.24, 2.45) is 0 Å². The first-order valence-corrected chi connectivity index (χ1v) is 8.78. The van der Waals surface area contributed by atoms with E-state index in [0.717, 1.165) is 31.7 Å². The van der Waals surface area contributed by atoms with Crippen LogP contribution in [0.2, 0.25) is 0 Å². The van der Waals surface area contributed by atoms with Gasteiger partial charge in [0.25, 0.3) is 0 Å². The Morgan fingerprint density at radius 2 is 1.93 bits per heavy atom. The fraction of sp³-hybridized carbons (Fsp3) is 0.316. The van der Waals surface area contributed by atoms with Crippen LogP contribution < -0.4 is 21.1 Å². The lowest BCUT2D eigenvalue weighted by atomic mass is 10.2. The summed E-state index contributed by atoms with van der Waals surface area (Å²) < 4.78 is 19.6. The number of nitrogen functional groups attached to an aromatic ring is 1. The average Bonchev–Trinajstić information content (AvgIpc) is 3.10. The van der Waals surface area contributed by atoms with Crippen molar-refractivity contribution >= 4 is 35.7 Å². The number of rotatable bonds is 6. The van der Waals surface area contributed by atoms with Gasteiger partial charge in [-0.1, -0.05) is 12.8 Å². The number of hydrogen-bond donors (Lipinski definition) is 3. The molecule has 0 atom stereocenters. The van der Waals surface area contributed by atoms with Crippen LogP contribution in [0, 0.1) is 5.82 Å². The van der Waals surface area contributed by atoms with Crippen molar-refractivity contribution in [3.05, 3.63) is 42.3 Å². The SMILES string of the molecule is Cl.Nc1cc(Oc2ccc(NC(=O)CC(=O)NC3CCCC3)cc2F)ccn1. The Labute approximate surface area is 168 Å². The number of halogens is 2. The summed E-state index contributed by atoms with van der Waals surface area (Å²) in [5.74, 6) is -0.888. The van der Waals surface area contributed by atoms with Crippen molar-refractivity contribution in [1.82, 2.24) is 10.3 Å². The van der Waals surface area contributed by atoms with E-state index in [1.54, 1.807) is 6.07 Å². The molecule has 2 amide bonds. The van der Waals surface area contributed by atoms with Crippen LogP contribution in [0.25, 0.3) is 0 Å². The lowest BCUT2D eigenvalue weighted by molar-refractivity contribution is -0.127. The van der Waals surface area contributed by atoms with Gasteiger partial charge in [-0.05, 0) is 31.0 Å². The Kier molecular flexibility index (Phi) is 7.57. The first kappa shape index (κ1) is 21.4. The predicted molar refractivity (Wildman–Crippen MR) is 106 cm³/mol. The molecule has 7 nitrogen and oxygen atoms in total. The maximum absolute atomic E-state index is 14.2. The summed E-state index contributed by atoms with van der Waals surface area (Å²) in [6, 6.07) is 7.19. The van der Waals surface area contributed by atoms with E-state index in [0.29, 0.717) is 5.75 Å². The van der Waals surface area contributed by atoms with Gasteiger partial charge in [-0.15, -0.1) is 12.4 Å². The molecule has 0 unspecified atom stereocenters. The molecule has 9 heteroatoms. The molecule has 1 aliphatic carbocycles. The molecule has 0 aliphatic heterocycles. The van der Waals surface area contributed by atoms with E-state index >= 15 is 0 Å². The fourth-order valence-electron chi connectivity index (χ4n) is 2.98. The number of nitrogens with one attached hydrogen (secondary N) is 2. The maximum atomic E-state index is 14.2. The monoisotopic (exact) mass is 408 g/mol. The van der Waals surface area contributed by atoms with E-state index in [1.165, 1.54) is 24.4 Å². The van der Waals surface area contributed by atoms with Crippen molar-refractivity contribution < 1.29 is 18.7 Å². The van der Waals surface area contributed by atoms with Crippen LogP contribution in [0.4, 0.5) is 15.9 Å². The normalized spacial score (nSPS) is 13.5. The van der Waals surface area contributed by atoms with Gasteiger partial charge in [0.15, 0.2) is 11.6 Å². The van der Waals surface area contributed by atoms with Gasteiger partial charge < -0.3 is 21.1 Å². The molecule has 1 heterocycles. The number of hydrogen-bond acceptors (Lipinski definition) is 5. The highest BCUT2D eigenvalue weighted by atomic mass is 35.5. The van der Waals surface area contributed by atoms with Crippen molar-refractivity contribution in [2.45, 2.75) is 38.1 Å². The molecule has 0 spiro atoms. The van der Waals surface area contributed by atoms with E-state index in [-0.39, 0.29) is 48.0 Å². The second-order valence-corrected chi connectivity index (χ2v) is 6.44. The number of carbonyl (C=O) groups is 2. The van der Waals surface area contributed by atoms with E-state index < -0.39 is 11.7 Å². The molecule has 1 aliphatic rings. The summed E-state index contributed by atoms with van der Waals surface area (Å²) >= 11 is 0. The Balaban J connectivity index is 0.00000280. The van der Waals surface area contributed by atoms with Gasteiger partial charge in [0.05, 0.1) is 0 Å². The fourth-order valence-corrected chi connectivity index (χ4v) is 2.98. The van der Waals surface area contributed by atoms with E-state index in [4.69, 9.17) is 10.5 Å². The zero-order chi connectivity index (χ0) is 19.2. The van der Waals surface area contributed by atoms with Crippen molar-refractivity contribution in [1.29, 1.82) is 0 Å². The molecule has 1 saturated carbocycles. The summed E-state index contributed by atoms with van der Waals surface area (Å²) in [6.45, 7) is 0. The van der Waals surface area contributed by atoms with Crippen LogP contribution in [0.3, 0.4) is 0 Å². The van der Waals surface area contributed by atoms with Crippen molar-refractivity contribution in [3.8, 4) is 11.5 Å². The van der Waals surface area contributed by atoms with Crippen LogP contribution in [0.1, 0.15) is 32.1 Å². The van der Waals surface area contributed by atoms with Crippen LogP contribution in [0.5, 0.6) is 11.5 Å². The number of ether oxygens (including phenoxy) is 1. The zero-order valence-corrected chi connectivity index (χ0v) is 15.9. The number of aromatic nitrogens is 1. The predicted octanol–water partition coefficient (Wildman–Crippen LogP) is 3.40. The first-order valence-electron chi connectivity index (χ1n) is 8.78. The molecule has 28 heavy (non-hydrogen) atoms. The third-order valence-electron chi connectivity index (χ3n) is 4.24.